The Labute approximate surface area is 183 Å². The zero-order valence-corrected chi connectivity index (χ0v) is 17.9. The highest BCUT2D eigenvalue weighted by Gasteiger charge is 2.40. The third-order valence-corrected chi connectivity index (χ3v) is 5.85. The number of benzene rings is 1. The van der Waals surface area contributed by atoms with Crippen LogP contribution in [-0.2, 0) is 4.74 Å². The number of nitrogens with one attached hydrogen (secondary N) is 3. The molecule has 3 N–H and O–H groups in total. The summed E-state index contributed by atoms with van der Waals surface area (Å²) in [6.07, 6.45) is -1.93. The Kier molecular flexibility index (Phi) is 6.25. The van der Waals surface area contributed by atoms with E-state index in [-0.39, 0.29) is 23.7 Å². The molecule has 3 aromatic rings. The standard InChI is InChI=1S/C22H26F3N5O2/c1-3-26-19(22(23,24)25)14-4-6-15(7-5-14)28-20-18-16(8-10-27-21(18)31)30(29-20)17-12-32-11-9-13(17)2/h4-8,10,13,17,19,26H,3,9,11-12H2,1-2H3,(H,27,31)(H,28,29)/t13-,17-,19?/m0/s1. The maximum atomic E-state index is 13.3. The Morgan fingerprint density at radius 1 is 1.28 bits per heavy atom. The van der Waals surface area contributed by atoms with Crippen molar-refractivity contribution in [1.29, 1.82) is 0 Å². The van der Waals surface area contributed by atoms with Crippen molar-refractivity contribution >= 4 is 22.4 Å². The summed E-state index contributed by atoms with van der Waals surface area (Å²) < 4.78 is 47.4. The van der Waals surface area contributed by atoms with Gasteiger partial charge < -0.3 is 20.4 Å². The molecule has 3 atom stereocenters. The van der Waals surface area contributed by atoms with Gasteiger partial charge in [0.1, 0.15) is 11.4 Å². The van der Waals surface area contributed by atoms with Gasteiger partial charge >= 0.3 is 6.18 Å². The van der Waals surface area contributed by atoms with E-state index in [4.69, 9.17) is 4.74 Å². The molecule has 1 aliphatic rings. The lowest BCUT2D eigenvalue weighted by atomic mass is 9.97. The van der Waals surface area contributed by atoms with Crippen LogP contribution in [0.5, 0.6) is 0 Å². The largest absolute Gasteiger partial charge is 0.407 e. The van der Waals surface area contributed by atoms with E-state index in [0.717, 1.165) is 6.42 Å². The van der Waals surface area contributed by atoms with Gasteiger partial charge in [-0.2, -0.15) is 18.3 Å². The first-order chi connectivity index (χ1) is 15.3. The van der Waals surface area contributed by atoms with Gasteiger partial charge in [0.05, 0.1) is 18.2 Å². The van der Waals surface area contributed by atoms with E-state index in [1.807, 2.05) is 4.68 Å². The minimum absolute atomic E-state index is 0.0151. The summed E-state index contributed by atoms with van der Waals surface area (Å²) in [4.78, 5) is 15.2. The number of hydrogen-bond donors (Lipinski definition) is 3. The molecule has 0 spiro atoms. The summed E-state index contributed by atoms with van der Waals surface area (Å²) in [5, 5.41) is 10.6. The van der Waals surface area contributed by atoms with Crippen LogP contribution >= 0.6 is 0 Å². The Morgan fingerprint density at radius 3 is 2.69 bits per heavy atom. The highest BCUT2D eigenvalue weighted by atomic mass is 19.4. The Bertz CT molecular complexity index is 1120. The second-order valence-electron chi connectivity index (χ2n) is 8.05. The van der Waals surface area contributed by atoms with Gasteiger partial charge in [-0.05, 0) is 42.6 Å². The molecule has 7 nitrogen and oxygen atoms in total. The average molecular weight is 449 g/mol. The lowest BCUT2D eigenvalue weighted by Gasteiger charge is -2.29. The highest BCUT2D eigenvalue weighted by Crippen LogP contribution is 2.34. The van der Waals surface area contributed by atoms with Crippen molar-refractivity contribution in [2.75, 3.05) is 25.1 Å². The summed E-state index contributed by atoms with van der Waals surface area (Å²) in [5.74, 6) is 0.676. The minimum atomic E-state index is -4.40. The third-order valence-electron chi connectivity index (χ3n) is 5.85. The second kappa shape index (κ2) is 8.95. The van der Waals surface area contributed by atoms with Gasteiger partial charge in [0, 0.05) is 18.5 Å². The predicted octanol–water partition coefficient (Wildman–Crippen LogP) is 4.28. The lowest BCUT2D eigenvalue weighted by Crippen LogP contribution is -2.33. The molecule has 10 heteroatoms. The molecule has 1 aromatic carbocycles. The molecule has 0 aliphatic carbocycles. The number of ether oxygens (including phenoxy) is 1. The van der Waals surface area contributed by atoms with Crippen molar-refractivity contribution in [1.82, 2.24) is 20.1 Å². The summed E-state index contributed by atoms with van der Waals surface area (Å²) in [7, 11) is 0. The average Bonchev–Trinajstić information content (AvgIpc) is 3.12. The first-order valence-electron chi connectivity index (χ1n) is 10.6. The molecule has 1 fully saturated rings. The second-order valence-corrected chi connectivity index (χ2v) is 8.05. The normalized spacial score (nSPS) is 20.4. The zero-order chi connectivity index (χ0) is 22.9. The van der Waals surface area contributed by atoms with Crippen molar-refractivity contribution in [2.45, 2.75) is 38.5 Å². The molecule has 0 bridgehead atoms. The van der Waals surface area contributed by atoms with Crippen LogP contribution in [0.4, 0.5) is 24.7 Å². The molecule has 0 saturated carbocycles. The molecular weight excluding hydrogens is 423 g/mol. The fraction of sp³-hybridized carbons (Fsp3) is 0.455. The molecule has 4 rings (SSSR count). The summed E-state index contributed by atoms with van der Waals surface area (Å²) >= 11 is 0. The number of fused-ring (bicyclic) bond motifs is 1. The van der Waals surface area contributed by atoms with Crippen molar-refractivity contribution < 1.29 is 17.9 Å². The SMILES string of the molecule is CCNC(c1ccc(Nc2nn([C@H]3COCC[C@@H]3C)c3cc[nH]c(=O)c23)cc1)C(F)(F)F. The van der Waals surface area contributed by atoms with Crippen molar-refractivity contribution in [3.8, 4) is 0 Å². The fourth-order valence-electron chi connectivity index (χ4n) is 4.10. The fourth-order valence-corrected chi connectivity index (χ4v) is 4.10. The number of H-pyrrole nitrogens is 1. The summed E-state index contributed by atoms with van der Waals surface area (Å²) in [6.45, 7) is 5.15. The first kappa shape index (κ1) is 22.3. The van der Waals surface area contributed by atoms with Crippen LogP contribution in [0.15, 0.2) is 41.3 Å². The van der Waals surface area contributed by atoms with Gasteiger partial charge in [-0.15, -0.1) is 0 Å². The minimum Gasteiger partial charge on any atom is -0.379 e. The van der Waals surface area contributed by atoms with Crippen LogP contribution in [0.3, 0.4) is 0 Å². The third kappa shape index (κ3) is 4.37. The number of hydrogen-bond acceptors (Lipinski definition) is 5. The van der Waals surface area contributed by atoms with Crippen LogP contribution in [0, 0.1) is 5.92 Å². The van der Waals surface area contributed by atoms with Gasteiger partial charge in [0.15, 0.2) is 5.82 Å². The van der Waals surface area contributed by atoms with Crippen LogP contribution in [-0.4, -0.2) is 40.7 Å². The van der Waals surface area contributed by atoms with Crippen LogP contribution < -0.4 is 16.2 Å². The number of alkyl halides is 3. The Hall–Kier alpha value is -2.85. The quantitative estimate of drug-likeness (QED) is 0.523. The number of nitrogens with zero attached hydrogens (tertiary/aromatic N) is 2. The number of rotatable bonds is 6. The van der Waals surface area contributed by atoms with Crippen molar-refractivity contribution in [3.63, 3.8) is 0 Å². The molecule has 0 amide bonds. The lowest BCUT2D eigenvalue weighted by molar-refractivity contribution is -0.157. The van der Waals surface area contributed by atoms with Crippen LogP contribution in [0.1, 0.15) is 37.9 Å². The Balaban J connectivity index is 1.67. The topological polar surface area (TPSA) is 84.0 Å². The van der Waals surface area contributed by atoms with Crippen LogP contribution in [0.25, 0.3) is 10.9 Å². The van der Waals surface area contributed by atoms with E-state index in [1.54, 1.807) is 31.3 Å². The number of aromatic amines is 1. The van der Waals surface area contributed by atoms with E-state index >= 15 is 0 Å². The maximum absolute atomic E-state index is 13.3. The summed E-state index contributed by atoms with van der Waals surface area (Å²) in [6, 6.07) is 5.99. The molecule has 172 valence electrons. The van der Waals surface area contributed by atoms with E-state index in [9.17, 15) is 18.0 Å². The number of halogens is 3. The monoisotopic (exact) mass is 449 g/mol. The van der Waals surface area contributed by atoms with Crippen molar-refractivity contribution in [2.24, 2.45) is 5.92 Å². The van der Waals surface area contributed by atoms with E-state index in [1.165, 1.54) is 12.1 Å². The molecule has 1 unspecified atom stereocenters. The van der Waals surface area contributed by atoms with Gasteiger partial charge in [-0.25, -0.2) is 0 Å². The van der Waals surface area contributed by atoms with Gasteiger partial charge in [0.2, 0.25) is 0 Å². The van der Waals surface area contributed by atoms with Gasteiger partial charge in [-0.1, -0.05) is 26.0 Å². The van der Waals surface area contributed by atoms with Crippen molar-refractivity contribution in [3.05, 3.63) is 52.4 Å². The first-order valence-corrected chi connectivity index (χ1v) is 10.6. The van der Waals surface area contributed by atoms with Gasteiger partial charge in [-0.3, -0.25) is 9.48 Å². The predicted molar refractivity (Wildman–Crippen MR) is 116 cm³/mol. The Morgan fingerprint density at radius 2 is 2.03 bits per heavy atom. The molecule has 32 heavy (non-hydrogen) atoms. The summed E-state index contributed by atoms with van der Waals surface area (Å²) in [5.41, 5.74) is 1.04. The highest BCUT2D eigenvalue weighted by molar-refractivity contribution is 5.91. The molecular formula is C22H26F3N5O2. The number of aromatic nitrogens is 3. The molecule has 0 radical (unpaired) electrons. The van der Waals surface area contributed by atoms with E-state index in [0.29, 0.717) is 41.5 Å². The van der Waals surface area contributed by atoms with E-state index < -0.39 is 12.2 Å². The van der Waals surface area contributed by atoms with Gasteiger partial charge in [0.25, 0.3) is 5.56 Å². The molecule has 1 aliphatic heterocycles. The number of anilines is 2. The van der Waals surface area contributed by atoms with E-state index in [2.05, 4.69) is 27.6 Å². The molecule has 3 heterocycles. The smallest absolute Gasteiger partial charge is 0.379 e. The maximum Gasteiger partial charge on any atom is 0.407 e. The van der Waals surface area contributed by atoms with Crippen LogP contribution in [0.2, 0.25) is 0 Å². The molecule has 1 saturated heterocycles. The molecule has 2 aromatic heterocycles. The number of pyridine rings is 1. The zero-order valence-electron chi connectivity index (χ0n) is 17.9.